The fourth-order valence-corrected chi connectivity index (χ4v) is 2.79. The van der Waals surface area contributed by atoms with Crippen LogP contribution in [0.4, 0.5) is 15.8 Å². The van der Waals surface area contributed by atoms with Gasteiger partial charge in [-0.2, -0.15) is 0 Å². The second kappa shape index (κ2) is 5.07. The first-order valence-electron chi connectivity index (χ1n) is 5.22. The third kappa shape index (κ3) is 2.97. The first-order chi connectivity index (χ1) is 8.90. The van der Waals surface area contributed by atoms with Crippen LogP contribution in [0.25, 0.3) is 0 Å². The molecule has 0 saturated carbocycles. The molecule has 0 aliphatic rings. The predicted octanol–water partition coefficient (Wildman–Crippen LogP) is 2.86. The van der Waals surface area contributed by atoms with Crippen molar-refractivity contribution >= 4 is 33.0 Å². The molecule has 3 N–H and O–H groups in total. The molecule has 0 aromatic heterocycles. The van der Waals surface area contributed by atoms with Gasteiger partial charge in [0.1, 0.15) is 11.5 Å². The van der Waals surface area contributed by atoms with E-state index in [1.54, 1.807) is 0 Å². The molecule has 0 fully saturated rings. The Labute approximate surface area is 115 Å². The molecule has 2 rings (SSSR count). The largest absolute Gasteiger partial charge is 0.399 e. The van der Waals surface area contributed by atoms with E-state index < -0.39 is 15.8 Å². The fraction of sp³-hybridized carbons (Fsp3) is 0. The highest BCUT2D eigenvalue weighted by atomic mass is 35.5. The maximum absolute atomic E-state index is 13.5. The molecule has 7 heteroatoms. The zero-order valence-electron chi connectivity index (χ0n) is 9.60. The zero-order chi connectivity index (χ0) is 14.0. The molecule has 0 bridgehead atoms. The van der Waals surface area contributed by atoms with Gasteiger partial charge < -0.3 is 5.73 Å². The van der Waals surface area contributed by atoms with Crippen LogP contribution in [-0.2, 0) is 10.0 Å². The van der Waals surface area contributed by atoms with Gasteiger partial charge in [-0.05, 0) is 36.4 Å². The average molecular weight is 301 g/mol. The molecule has 0 radical (unpaired) electrons. The molecule has 100 valence electrons. The topological polar surface area (TPSA) is 72.2 Å². The minimum atomic E-state index is -3.91. The molecule has 0 unspecified atom stereocenters. The average Bonchev–Trinajstić information content (AvgIpc) is 2.35. The van der Waals surface area contributed by atoms with E-state index in [-0.39, 0.29) is 15.6 Å². The van der Waals surface area contributed by atoms with E-state index in [0.717, 1.165) is 6.07 Å². The maximum atomic E-state index is 13.5. The van der Waals surface area contributed by atoms with Crippen LogP contribution < -0.4 is 10.5 Å². The quantitative estimate of drug-likeness (QED) is 0.856. The van der Waals surface area contributed by atoms with Crippen molar-refractivity contribution < 1.29 is 12.8 Å². The van der Waals surface area contributed by atoms with Crippen LogP contribution in [0.15, 0.2) is 47.4 Å². The van der Waals surface area contributed by atoms with Crippen molar-refractivity contribution in [2.75, 3.05) is 10.5 Å². The van der Waals surface area contributed by atoms with Crippen LogP contribution in [0.3, 0.4) is 0 Å². The lowest BCUT2D eigenvalue weighted by molar-refractivity contribution is 0.598. The monoisotopic (exact) mass is 300 g/mol. The number of nitrogens with one attached hydrogen (secondary N) is 1. The summed E-state index contributed by atoms with van der Waals surface area (Å²) in [6.45, 7) is 0. The maximum Gasteiger partial charge on any atom is 0.262 e. The number of benzene rings is 2. The number of nitrogen functional groups attached to an aromatic ring is 1. The van der Waals surface area contributed by atoms with Gasteiger partial charge >= 0.3 is 0 Å². The molecule has 2 aromatic carbocycles. The number of rotatable bonds is 3. The van der Waals surface area contributed by atoms with Gasteiger partial charge in [-0.3, -0.25) is 4.72 Å². The van der Waals surface area contributed by atoms with Gasteiger partial charge in [0.25, 0.3) is 10.0 Å². The van der Waals surface area contributed by atoms with Gasteiger partial charge in [0.2, 0.25) is 0 Å². The molecule has 0 amide bonds. The molecule has 4 nitrogen and oxygen atoms in total. The van der Waals surface area contributed by atoms with E-state index >= 15 is 0 Å². The lowest BCUT2D eigenvalue weighted by Crippen LogP contribution is -2.14. The first kappa shape index (κ1) is 13.6. The summed E-state index contributed by atoms with van der Waals surface area (Å²) in [5.74, 6) is -0.744. The Morgan fingerprint density at radius 1 is 1.11 bits per heavy atom. The van der Waals surface area contributed by atoms with Crippen LogP contribution in [0.5, 0.6) is 0 Å². The van der Waals surface area contributed by atoms with Gasteiger partial charge in [0, 0.05) is 5.69 Å². The van der Waals surface area contributed by atoms with E-state index in [1.807, 2.05) is 0 Å². The van der Waals surface area contributed by atoms with Crippen LogP contribution in [-0.4, -0.2) is 8.42 Å². The lowest BCUT2D eigenvalue weighted by atomic mass is 10.3. The highest BCUT2D eigenvalue weighted by molar-refractivity contribution is 7.92. The minimum absolute atomic E-state index is 0.0148. The van der Waals surface area contributed by atoms with Crippen molar-refractivity contribution in [2.45, 2.75) is 4.90 Å². The number of sulfonamides is 1. The third-order valence-corrected chi connectivity index (χ3v) is 4.07. The summed E-state index contributed by atoms with van der Waals surface area (Å²) < 4.78 is 39.7. The molecule has 2 aromatic rings. The van der Waals surface area contributed by atoms with Crippen LogP contribution in [0.1, 0.15) is 0 Å². The van der Waals surface area contributed by atoms with Gasteiger partial charge in [0.05, 0.1) is 9.92 Å². The van der Waals surface area contributed by atoms with Gasteiger partial charge in [-0.15, -0.1) is 0 Å². The standard InChI is InChI=1S/C12H10ClFN2O2S/c13-10-2-1-3-11(14)12(10)16-19(17,18)9-6-4-8(15)5-7-9/h1-7,16H,15H2. The Kier molecular flexibility index (Phi) is 3.64. The summed E-state index contributed by atoms with van der Waals surface area (Å²) in [6.07, 6.45) is 0. The highest BCUT2D eigenvalue weighted by Gasteiger charge is 2.18. The predicted molar refractivity (Wildman–Crippen MR) is 73.1 cm³/mol. The number of hydrogen-bond donors (Lipinski definition) is 2. The Morgan fingerprint density at radius 3 is 2.32 bits per heavy atom. The van der Waals surface area contributed by atoms with Crippen molar-refractivity contribution in [1.82, 2.24) is 0 Å². The lowest BCUT2D eigenvalue weighted by Gasteiger charge is -2.10. The summed E-state index contributed by atoms with van der Waals surface area (Å²) in [5.41, 5.74) is 5.63. The fourth-order valence-electron chi connectivity index (χ4n) is 1.44. The Morgan fingerprint density at radius 2 is 1.74 bits per heavy atom. The second-order valence-corrected chi connectivity index (χ2v) is 5.86. The van der Waals surface area contributed by atoms with Crippen molar-refractivity contribution in [2.24, 2.45) is 0 Å². The van der Waals surface area contributed by atoms with E-state index in [1.165, 1.54) is 36.4 Å². The van der Waals surface area contributed by atoms with Gasteiger partial charge in [-0.1, -0.05) is 17.7 Å². The molecule has 0 saturated heterocycles. The molecular formula is C12H10ClFN2O2S. The molecule has 0 heterocycles. The third-order valence-electron chi connectivity index (χ3n) is 2.39. The Balaban J connectivity index is 2.39. The normalized spacial score (nSPS) is 11.3. The van der Waals surface area contributed by atoms with Gasteiger partial charge in [0.15, 0.2) is 0 Å². The van der Waals surface area contributed by atoms with Crippen molar-refractivity contribution in [3.8, 4) is 0 Å². The summed E-state index contributed by atoms with van der Waals surface area (Å²) >= 11 is 5.76. The van der Waals surface area contributed by atoms with Crippen molar-refractivity contribution in [3.63, 3.8) is 0 Å². The van der Waals surface area contributed by atoms with Crippen molar-refractivity contribution in [3.05, 3.63) is 53.3 Å². The SMILES string of the molecule is Nc1ccc(S(=O)(=O)Nc2c(F)cccc2Cl)cc1. The van der Waals surface area contributed by atoms with Gasteiger partial charge in [-0.25, -0.2) is 12.8 Å². The Bertz CT molecular complexity index is 682. The highest BCUT2D eigenvalue weighted by Crippen LogP contribution is 2.27. The molecule has 19 heavy (non-hydrogen) atoms. The minimum Gasteiger partial charge on any atom is -0.399 e. The number of anilines is 2. The van der Waals surface area contributed by atoms with Crippen LogP contribution in [0.2, 0.25) is 5.02 Å². The molecular weight excluding hydrogens is 291 g/mol. The van der Waals surface area contributed by atoms with E-state index in [2.05, 4.69) is 4.72 Å². The van der Waals surface area contributed by atoms with Crippen molar-refractivity contribution in [1.29, 1.82) is 0 Å². The summed E-state index contributed by atoms with van der Waals surface area (Å²) in [5, 5.41) is -0.0148. The molecule has 0 atom stereocenters. The second-order valence-electron chi connectivity index (χ2n) is 3.77. The summed E-state index contributed by atoms with van der Waals surface area (Å²) in [4.78, 5) is -0.0268. The van der Waals surface area contributed by atoms with E-state index in [4.69, 9.17) is 17.3 Å². The molecule has 0 spiro atoms. The zero-order valence-corrected chi connectivity index (χ0v) is 11.2. The smallest absolute Gasteiger partial charge is 0.262 e. The van der Waals surface area contributed by atoms with Crippen LogP contribution >= 0.6 is 11.6 Å². The number of halogens is 2. The molecule has 0 aliphatic heterocycles. The Hall–Kier alpha value is -1.79. The van der Waals surface area contributed by atoms with E-state index in [0.29, 0.717) is 5.69 Å². The molecule has 0 aliphatic carbocycles. The summed E-state index contributed by atoms with van der Waals surface area (Å²) in [6, 6.07) is 9.44. The number of hydrogen-bond acceptors (Lipinski definition) is 3. The van der Waals surface area contributed by atoms with E-state index in [9.17, 15) is 12.8 Å². The number of para-hydroxylation sites is 1. The van der Waals surface area contributed by atoms with Crippen LogP contribution in [0, 0.1) is 5.82 Å². The first-order valence-corrected chi connectivity index (χ1v) is 7.08. The summed E-state index contributed by atoms with van der Waals surface area (Å²) in [7, 11) is -3.91. The number of nitrogens with two attached hydrogens (primary N) is 1.